The average molecular weight is 692 g/mol. The van der Waals surface area contributed by atoms with Crippen molar-refractivity contribution in [2.45, 2.75) is 244 Å². The van der Waals surface area contributed by atoms with Gasteiger partial charge in [-0.2, -0.15) is 0 Å². The van der Waals surface area contributed by atoms with Gasteiger partial charge in [-0.3, -0.25) is 4.79 Å². The van der Waals surface area contributed by atoms with Crippen LogP contribution in [0.5, 0.6) is 0 Å². The van der Waals surface area contributed by atoms with Crippen LogP contribution >= 0.6 is 0 Å². The smallest absolute Gasteiger partial charge is 0.249 e. The molecule has 290 valence electrons. The van der Waals surface area contributed by atoms with Crippen molar-refractivity contribution in [3.63, 3.8) is 0 Å². The number of amides is 1. The third-order valence-electron chi connectivity index (χ3n) is 10.1. The Hall–Kier alpha value is -1.17. The van der Waals surface area contributed by atoms with Gasteiger partial charge in [-0.25, -0.2) is 0 Å². The summed E-state index contributed by atoms with van der Waals surface area (Å²) in [6.45, 7) is 4.22. The zero-order valence-corrected chi connectivity index (χ0v) is 32.8. The predicted molar refractivity (Wildman–Crippen MR) is 213 cm³/mol. The number of aliphatic hydroxyl groups is 3. The van der Waals surface area contributed by atoms with Crippen LogP contribution in [0.1, 0.15) is 226 Å². The number of aliphatic hydroxyl groups excluding tert-OH is 3. The largest absolute Gasteiger partial charge is 0.394 e. The van der Waals surface area contributed by atoms with Crippen molar-refractivity contribution in [3.05, 3.63) is 24.3 Å². The first-order valence-electron chi connectivity index (χ1n) is 21.6. The minimum Gasteiger partial charge on any atom is -0.394 e. The summed E-state index contributed by atoms with van der Waals surface area (Å²) in [4.78, 5) is 12.4. The molecular weight excluding hydrogens is 606 g/mol. The van der Waals surface area contributed by atoms with Gasteiger partial charge in [0.15, 0.2) is 0 Å². The molecule has 0 aromatic rings. The quantitative estimate of drug-likeness (QED) is 0.0381. The summed E-state index contributed by atoms with van der Waals surface area (Å²) in [5.74, 6) is -0.476. The molecule has 0 aromatic heterocycles. The lowest BCUT2D eigenvalue weighted by Gasteiger charge is -2.23. The minimum absolute atomic E-state index is 0.315. The van der Waals surface area contributed by atoms with Crippen LogP contribution in [0.2, 0.25) is 0 Å². The molecule has 0 saturated carbocycles. The summed E-state index contributed by atoms with van der Waals surface area (Å²) in [5, 5.41) is 33.2. The molecule has 0 fully saturated rings. The van der Waals surface area contributed by atoms with Crippen LogP contribution in [0.4, 0.5) is 0 Å². The van der Waals surface area contributed by atoms with Crippen molar-refractivity contribution in [1.29, 1.82) is 0 Å². The zero-order valence-electron chi connectivity index (χ0n) is 32.8. The molecule has 1 amide bonds. The molecule has 0 aromatic carbocycles. The van der Waals surface area contributed by atoms with E-state index in [1.54, 1.807) is 0 Å². The maximum Gasteiger partial charge on any atom is 0.249 e. The number of hydrogen-bond acceptors (Lipinski definition) is 4. The predicted octanol–water partition coefficient (Wildman–Crippen LogP) is 12.2. The maximum atomic E-state index is 12.4. The second-order valence-electron chi connectivity index (χ2n) is 14.9. The number of hydrogen-bond donors (Lipinski definition) is 4. The van der Waals surface area contributed by atoms with E-state index in [9.17, 15) is 20.1 Å². The number of nitrogens with one attached hydrogen (secondary N) is 1. The van der Waals surface area contributed by atoms with Gasteiger partial charge in [0.2, 0.25) is 5.91 Å². The van der Waals surface area contributed by atoms with Gasteiger partial charge in [0.1, 0.15) is 6.10 Å². The van der Waals surface area contributed by atoms with E-state index in [4.69, 9.17) is 0 Å². The van der Waals surface area contributed by atoms with Gasteiger partial charge in [-0.05, 0) is 44.9 Å². The Morgan fingerprint density at radius 3 is 1.22 bits per heavy atom. The molecule has 3 atom stereocenters. The molecule has 0 heterocycles. The zero-order chi connectivity index (χ0) is 35.9. The molecule has 0 aliphatic carbocycles. The van der Waals surface area contributed by atoms with Crippen molar-refractivity contribution in [3.8, 4) is 0 Å². The van der Waals surface area contributed by atoms with Crippen LogP contribution in [0.3, 0.4) is 0 Å². The van der Waals surface area contributed by atoms with E-state index >= 15 is 0 Å². The number of rotatable bonds is 39. The van der Waals surface area contributed by atoms with Gasteiger partial charge in [-0.15, -0.1) is 0 Å². The van der Waals surface area contributed by atoms with Gasteiger partial charge in [0, 0.05) is 0 Å². The van der Waals surface area contributed by atoms with E-state index in [2.05, 4.69) is 43.5 Å². The lowest BCUT2D eigenvalue weighted by Crippen LogP contribution is -2.49. The van der Waals surface area contributed by atoms with Crippen LogP contribution in [-0.4, -0.2) is 46.1 Å². The van der Waals surface area contributed by atoms with Crippen molar-refractivity contribution in [2.75, 3.05) is 6.61 Å². The summed E-state index contributed by atoms with van der Waals surface area (Å²) < 4.78 is 0. The van der Waals surface area contributed by atoms with Gasteiger partial charge < -0.3 is 20.6 Å². The molecule has 0 bridgehead atoms. The third kappa shape index (κ3) is 35.0. The van der Waals surface area contributed by atoms with E-state index in [1.165, 1.54) is 161 Å². The van der Waals surface area contributed by atoms with Crippen molar-refractivity contribution in [2.24, 2.45) is 0 Å². The van der Waals surface area contributed by atoms with Gasteiger partial charge in [0.05, 0.1) is 18.8 Å². The standard InChI is InChI=1S/C44H85NO4/c1-3-5-7-9-11-13-15-16-17-18-19-20-21-22-23-24-25-26-27-29-31-33-35-37-39-43(48)44(49)45-41(40-46)42(47)38-36-34-32-30-28-14-12-10-8-6-4-2/h19-20,22-23,41-43,46-48H,3-18,21,24-40H2,1-2H3,(H,45,49)/b20-19-,23-22-. The van der Waals surface area contributed by atoms with Gasteiger partial charge >= 0.3 is 0 Å². The molecule has 5 nitrogen and oxygen atoms in total. The molecule has 0 saturated heterocycles. The molecule has 3 unspecified atom stereocenters. The molecule has 49 heavy (non-hydrogen) atoms. The SMILES string of the molecule is CCCCCCCCCCC/C=C\C/C=C\CCCCCCCCCCC(O)C(=O)NC(CO)C(O)CCCCCCCCCCCCC. The molecule has 0 rings (SSSR count). The summed E-state index contributed by atoms with van der Waals surface area (Å²) >= 11 is 0. The first-order valence-corrected chi connectivity index (χ1v) is 21.6. The van der Waals surface area contributed by atoms with E-state index < -0.39 is 24.2 Å². The molecule has 0 spiro atoms. The molecule has 0 aliphatic rings. The molecule has 4 N–H and O–H groups in total. The maximum absolute atomic E-state index is 12.4. The highest BCUT2D eigenvalue weighted by Crippen LogP contribution is 2.15. The van der Waals surface area contributed by atoms with Gasteiger partial charge in [0.25, 0.3) is 0 Å². The Balaban J connectivity index is 3.61. The van der Waals surface area contributed by atoms with E-state index in [-0.39, 0.29) is 6.61 Å². The first kappa shape index (κ1) is 47.8. The normalized spacial score (nSPS) is 13.8. The van der Waals surface area contributed by atoms with Crippen LogP contribution in [0.25, 0.3) is 0 Å². The van der Waals surface area contributed by atoms with E-state index in [0.717, 1.165) is 38.5 Å². The van der Waals surface area contributed by atoms with Crippen LogP contribution in [0.15, 0.2) is 24.3 Å². The number of allylic oxidation sites excluding steroid dienone is 4. The van der Waals surface area contributed by atoms with Crippen molar-refractivity contribution < 1.29 is 20.1 Å². The van der Waals surface area contributed by atoms with Crippen LogP contribution in [-0.2, 0) is 4.79 Å². The number of carbonyl (C=O) groups is 1. The average Bonchev–Trinajstić information content (AvgIpc) is 3.11. The summed E-state index contributed by atoms with van der Waals surface area (Å²) in [5.41, 5.74) is 0. The minimum atomic E-state index is -1.08. The van der Waals surface area contributed by atoms with Crippen LogP contribution < -0.4 is 5.32 Å². The topological polar surface area (TPSA) is 89.8 Å². The molecule has 0 radical (unpaired) electrons. The van der Waals surface area contributed by atoms with E-state index in [0.29, 0.717) is 12.8 Å². The van der Waals surface area contributed by atoms with Crippen molar-refractivity contribution >= 4 is 5.91 Å². The second kappa shape index (κ2) is 39.6. The highest BCUT2D eigenvalue weighted by Gasteiger charge is 2.23. The Kier molecular flexibility index (Phi) is 38.7. The van der Waals surface area contributed by atoms with Crippen molar-refractivity contribution in [1.82, 2.24) is 5.32 Å². The molecular formula is C44H85NO4. The van der Waals surface area contributed by atoms with Gasteiger partial charge in [-0.1, -0.05) is 205 Å². The summed E-state index contributed by atoms with van der Waals surface area (Å²) in [6.07, 6.45) is 47.5. The first-order chi connectivity index (χ1) is 24.1. The Morgan fingerprint density at radius 2 is 0.837 bits per heavy atom. The Labute approximate surface area is 305 Å². The molecule has 0 aliphatic heterocycles. The van der Waals surface area contributed by atoms with Crippen LogP contribution in [0, 0.1) is 0 Å². The molecule has 5 heteroatoms. The monoisotopic (exact) mass is 692 g/mol. The fourth-order valence-corrected chi connectivity index (χ4v) is 6.63. The number of unbranched alkanes of at least 4 members (excludes halogenated alkanes) is 27. The summed E-state index contributed by atoms with van der Waals surface area (Å²) in [6, 6.07) is -0.711. The summed E-state index contributed by atoms with van der Waals surface area (Å²) in [7, 11) is 0. The highest BCUT2D eigenvalue weighted by atomic mass is 16.3. The fraction of sp³-hybridized carbons (Fsp3) is 0.886. The third-order valence-corrected chi connectivity index (χ3v) is 10.1. The fourth-order valence-electron chi connectivity index (χ4n) is 6.63. The van der Waals surface area contributed by atoms with E-state index in [1.807, 2.05) is 0 Å². The Bertz CT molecular complexity index is 724. The number of carbonyl (C=O) groups excluding carboxylic acids is 1. The lowest BCUT2D eigenvalue weighted by atomic mass is 10.0. The highest BCUT2D eigenvalue weighted by molar-refractivity contribution is 5.80. The second-order valence-corrected chi connectivity index (χ2v) is 14.9. The lowest BCUT2D eigenvalue weighted by molar-refractivity contribution is -0.131. The Morgan fingerprint density at radius 1 is 0.490 bits per heavy atom.